The highest BCUT2D eigenvalue weighted by Gasteiger charge is 2.21. The van der Waals surface area contributed by atoms with Crippen molar-refractivity contribution in [3.63, 3.8) is 0 Å². The Balaban J connectivity index is 1.27. The van der Waals surface area contributed by atoms with Gasteiger partial charge in [0.1, 0.15) is 5.75 Å². The predicted octanol–water partition coefficient (Wildman–Crippen LogP) is 4.00. The van der Waals surface area contributed by atoms with Crippen LogP contribution >= 0.6 is 0 Å². The van der Waals surface area contributed by atoms with Crippen molar-refractivity contribution >= 4 is 22.9 Å². The fourth-order valence-corrected chi connectivity index (χ4v) is 4.04. The summed E-state index contributed by atoms with van der Waals surface area (Å²) >= 11 is 0. The Bertz CT molecular complexity index is 1010. The highest BCUT2D eigenvalue weighted by atomic mass is 16.5. The van der Waals surface area contributed by atoms with Gasteiger partial charge in [0.25, 0.3) is 5.91 Å². The summed E-state index contributed by atoms with van der Waals surface area (Å²) in [5.74, 6) is 0.584. The number of benzene rings is 3. The first-order chi connectivity index (χ1) is 14.7. The molecule has 1 fully saturated rings. The summed E-state index contributed by atoms with van der Waals surface area (Å²) in [4.78, 5) is 14.9. The van der Waals surface area contributed by atoms with Gasteiger partial charge in [-0.15, -0.1) is 0 Å². The van der Waals surface area contributed by atoms with E-state index in [0.29, 0.717) is 5.75 Å². The summed E-state index contributed by atoms with van der Waals surface area (Å²) in [6.07, 6.45) is 3.24. The molecule has 154 valence electrons. The molecule has 0 atom stereocenters. The number of likely N-dealkylation sites (tertiary alicyclic amines) is 1. The number of carbonyl (C=O) groups is 1. The minimum Gasteiger partial charge on any atom is -0.483 e. The molecule has 1 aliphatic rings. The van der Waals surface area contributed by atoms with Crippen LogP contribution in [0.5, 0.6) is 5.75 Å². The Kier molecular flexibility index (Phi) is 6.40. The van der Waals surface area contributed by atoms with E-state index in [1.54, 1.807) is 0 Å². The molecule has 0 radical (unpaired) electrons. The molecule has 3 aromatic rings. The van der Waals surface area contributed by atoms with Gasteiger partial charge in [0.2, 0.25) is 0 Å². The molecule has 2 N–H and O–H groups in total. The van der Waals surface area contributed by atoms with Crippen LogP contribution in [0.4, 0.5) is 0 Å². The summed E-state index contributed by atoms with van der Waals surface area (Å²) in [7, 11) is 0. The number of fused-ring (bicyclic) bond motifs is 1. The van der Waals surface area contributed by atoms with Crippen LogP contribution in [-0.4, -0.2) is 42.8 Å². The number of nitrogens with zero attached hydrogens (tertiary/aromatic N) is 1. The maximum Gasteiger partial charge on any atom is 0.258 e. The SMILES string of the molecule is N=Cc1ccc(OCC(=O)NC2CCN(Cc3ccccc3)CC2)c2ccccc12. The van der Waals surface area contributed by atoms with Crippen LogP contribution in [-0.2, 0) is 11.3 Å². The second-order valence-corrected chi connectivity index (χ2v) is 7.74. The van der Waals surface area contributed by atoms with Crippen LogP contribution in [0.25, 0.3) is 10.8 Å². The Morgan fingerprint density at radius 2 is 1.70 bits per heavy atom. The first-order valence-electron chi connectivity index (χ1n) is 10.4. The highest BCUT2D eigenvalue weighted by Crippen LogP contribution is 2.27. The lowest BCUT2D eigenvalue weighted by atomic mass is 10.0. The quantitative estimate of drug-likeness (QED) is 0.588. The number of amides is 1. The number of ether oxygens (including phenoxy) is 1. The topological polar surface area (TPSA) is 65.4 Å². The standard InChI is InChI=1S/C25H27N3O2/c26-16-20-10-11-24(23-9-5-4-8-22(20)23)30-18-25(29)27-21-12-14-28(15-13-21)17-19-6-2-1-3-7-19/h1-11,16,21,26H,12-15,17-18H2,(H,27,29). The van der Waals surface area contributed by atoms with E-state index in [-0.39, 0.29) is 18.6 Å². The van der Waals surface area contributed by atoms with Gasteiger partial charge in [0, 0.05) is 42.8 Å². The van der Waals surface area contributed by atoms with Crippen molar-refractivity contribution in [2.45, 2.75) is 25.4 Å². The molecule has 1 heterocycles. The van der Waals surface area contributed by atoms with Gasteiger partial charge in [0.05, 0.1) is 0 Å². The molecule has 1 aliphatic heterocycles. The molecular formula is C25H27N3O2. The Morgan fingerprint density at radius 3 is 2.43 bits per heavy atom. The third-order valence-corrected chi connectivity index (χ3v) is 5.63. The zero-order valence-electron chi connectivity index (χ0n) is 17.0. The van der Waals surface area contributed by atoms with Crippen molar-refractivity contribution in [3.05, 3.63) is 77.9 Å². The summed E-state index contributed by atoms with van der Waals surface area (Å²) in [5, 5.41) is 12.5. The maximum absolute atomic E-state index is 12.4. The monoisotopic (exact) mass is 401 g/mol. The lowest BCUT2D eigenvalue weighted by Gasteiger charge is -2.32. The second kappa shape index (κ2) is 9.55. The van der Waals surface area contributed by atoms with Crippen molar-refractivity contribution in [2.75, 3.05) is 19.7 Å². The number of rotatable bonds is 7. The van der Waals surface area contributed by atoms with Crippen LogP contribution in [0.15, 0.2) is 66.7 Å². The molecule has 1 saturated heterocycles. The van der Waals surface area contributed by atoms with Gasteiger partial charge in [-0.3, -0.25) is 9.69 Å². The molecule has 0 bridgehead atoms. The van der Waals surface area contributed by atoms with Gasteiger partial charge >= 0.3 is 0 Å². The zero-order chi connectivity index (χ0) is 20.8. The van der Waals surface area contributed by atoms with Crippen molar-refractivity contribution in [1.82, 2.24) is 10.2 Å². The molecule has 0 spiro atoms. The largest absolute Gasteiger partial charge is 0.483 e. The Hall–Kier alpha value is -3.18. The van der Waals surface area contributed by atoms with Crippen molar-refractivity contribution in [3.8, 4) is 5.75 Å². The summed E-state index contributed by atoms with van der Waals surface area (Å²) in [6.45, 7) is 2.93. The first-order valence-corrected chi connectivity index (χ1v) is 10.4. The van der Waals surface area contributed by atoms with Gasteiger partial charge in [-0.05, 0) is 35.9 Å². The van der Waals surface area contributed by atoms with E-state index in [2.05, 4.69) is 34.5 Å². The Labute approximate surface area is 177 Å². The third-order valence-electron chi connectivity index (χ3n) is 5.63. The molecule has 5 nitrogen and oxygen atoms in total. The van der Waals surface area contributed by atoms with Crippen molar-refractivity contribution < 1.29 is 9.53 Å². The van der Waals surface area contributed by atoms with E-state index in [1.165, 1.54) is 11.8 Å². The summed E-state index contributed by atoms with van der Waals surface area (Å²) in [6, 6.07) is 22.2. The number of piperidine rings is 1. The Morgan fingerprint density at radius 1 is 1.00 bits per heavy atom. The average molecular weight is 402 g/mol. The molecule has 0 unspecified atom stereocenters. The fourth-order valence-electron chi connectivity index (χ4n) is 4.04. The smallest absolute Gasteiger partial charge is 0.258 e. The van der Waals surface area contributed by atoms with E-state index < -0.39 is 0 Å². The van der Waals surface area contributed by atoms with E-state index in [4.69, 9.17) is 10.1 Å². The van der Waals surface area contributed by atoms with Gasteiger partial charge < -0.3 is 15.5 Å². The highest BCUT2D eigenvalue weighted by molar-refractivity contribution is 6.01. The number of hydrogen-bond acceptors (Lipinski definition) is 4. The molecule has 1 amide bonds. The summed E-state index contributed by atoms with van der Waals surface area (Å²) < 4.78 is 5.82. The zero-order valence-corrected chi connectivity index (χ0v) is 17.0. The van der Waals surface area contributed by atoms with E-state index in [9.17, 15) is 4.79 Å². The van der Waals surface area contributed by atoms with Crippen molar-refractivity contribution in [1.29, 1.82) is 5.41 Å². The number of carbonyl (C=O) groups excluding carboxylic acids is 1. The number of nitrogens with one attached hydrogen (secondary N) is 2. The molecule has 3 aromatic carbocycles. The van der Waals surface area contributed by atoms with Crippen LogP contribution < -0.4 is 10.1 Å². The van der Waals surface area contributed by atoms with Gasteiger partial charge in [-0.25, -0.2) is 0 Å². The van der Waals surface area contributed by atoms with E-state index >= 15 is 0 Å². The van der Waals surface area contributed by atoms with Gasteiger partial charge in [-0.2, -0.15) is 0 Å². The predicted molar refractivity (Wildman–Crippen MR) is 120 cm³/mol. The molecular weight excluding hydrogens is 374 g/mol. The third kappa shape index (κ3) is 4.86. The average Bonchev–Trinajstić information content (AvgIpc) is 2.79. The van der Waals surface area contributed by atoms with Gasteiger partial charge in [-0.1, -0.05) is 54.6 Å². The lowest BCUT2D eigenvalue weighted by molar-refractivity contribution is -0.124. The second-order valence-electron chi connectivity index (χ2n) is 7.74. The van der Waals surface area contributed by atoms with Crippen LogP contribution in [0, 0.1) is 5.41 Å². The van der Waals surface area contributed by atoms with E-state index in [0.717, 1.165) is 48.8 Å². The van der Waals surface area contributed by atoms with E-state index in [1.807, 2.05) is 42.5 Å². The molecule has 30 heavy (non-hydrogen) atoms. The maximum atomic E-state index is 12.4. The molecule has 0 aliphatic carbocycles. The molecule has 0 saturated carbocycles. The van der Waals surface area contributed by atoms with Crippen LogP contribution in [0.2, 0.25) is 0 Å². The number of hydrogen-bond donors (Lipinski definition) is 2. The molecule has 0 aromatic heterocycles. The van der Waals surface area contributed by atoms with Crippen LogP contribution in [0.1, 0.15) is 24.0 Å². The molecule has 5 heteroatoms. The normalized spacial score (nSPS) is 15.1. The van der Waals surface area contributed by atoms with Gasteiger partial charge in [0.15, 0.2) is 6.61 Å². The fraction of sp³-hybridized carbons (Fsp3) is 0.280. The minimum absolute atomic E-state index is 0.00183. The minimum atomic E-state index is -0.0864. The first kappa shape index (κ1) is 20.1. The van der Waals surface area contributed by atoms with Crippen LogP contribution in [0.3, 0.4) is 0 Å². The lowest BCUT2D eigenvalue weighted by Crippen LogP contribution is -2.45. The van der Waals surface area contributed by atoms with Crippen molar-refractivity contribution in [2.24, 2.45) is 0 Å². The summed E-state index contributed by atoms with van der Waals surface area (Å²) in [5.41, 5.74) is 2.17. The molecule has 4 rings (SSSR count).